The standard InChI is InChI=1S/C20H18ClN5O2/c1-12-17(19(22)27)18(26-20(25-12)23-11-24-26)15-4-2-3-5-16(15)28-10-13-6-8-14(21)9-7-13/h2-9,11,18H,10H2,1H3,(H2,22,27)(H,23,24,25). The summed E-state index contributed by atoms with van der Waals surface area (Å²) in [6, 6.07) is 14.4. The van der Waals surface area contributed by atoms with E-state index in [1.54, 1.807) is 11.6 Å². The molecule has 1 atom stereocenters. The van der Waals surface area contributed by atoms with Crippen molar-refractivity contribution in [3.05, 3.63) is 82.3 Å². The highest BCUT2D eigenvalue weighted by Gasteiger charge is 2.33. The second kappa shape index (κ2) is 7.36. The number of halogens is 1. The Morgan fingerprint density at radius 3 is 2.75 bits per heavy atom. The first-order valence-corrected chi connectivity index (χ1v) is 9.05. The molecule has 1 aliphatic heterocycles. The van der Waals surface area contributed by atoms with Gasteiger partial charge in [0.25, 0.3) is 0 Å². The Bertz CT molecular complexity index is 1060. The van der Waals surface area contributed by atoms with E-state index in [1.165, 1.54) is 6.33 Å². The Kier molecular flexibility index (Phi) is 4.75. The van der Waals surface area contributed by atoms with Gasteiger partial charge in [0.1, 0.15) is 24.7 Å². The van der Waals surface area contributed by atoms with E-state index < -0.39 is 11.9 Å². The van der Waals surface area contributed by atoms with E-state index in [4.69, 9.17) is 22.1 Å². The van der Waals surface area contributed by atoms with Gasteiger partial charge in [-0.2, -0.15) is 10.1 Å². The minimum atomic E-state index is -0.530. The predicted octanol–water partition coefficient (Wildman–Crippen LogP) is 3.28. The van der Waals surface area contributed by atoms with Gasteiger partial charge in [0.05, 0.1) is 5.57 Å². The van der Waals surface area contributed by atoms with Gasteiger partial charge in [0.2, 0.25) is 11.9 Å². The van der Waals surface area contributed by atoms with Crippen LogP contribution in [0, 0.1) is 0 Å². The number of carbonyl (C=O) groups is 1. The first-order chi connectivity index (χ1) is 13.5. The number of rotatable bonds is 5. The van der Waals surface area contributed by atoms with E-state index in [2.05, 4.69) is 15.4 Å². The van der Waals surface area contributed by atoms with Crippen molar-refractivity contribution in [1.29, 1.82) is 0 Å². The zero-order valence-corrected chi connectivity index (χ0v) is 15.8. The second-order valence-electron chi connectivity index (χ2n) is 6.41. The fourth-order valence-corrected chi connectivity index (χ4v) is 3.40. The zero-order chi connectivity index (χ0) is 19.7. The van der Waals surface area contributed by atoms with Crippen LogP contribution in [0.15, 0.2) is 66.1 Å². The van der Waals surface area contributed by atoms with Gasteiger partial charge in [-0.1, -0.05) is 41.9 Å². The SMILES string of the molecule is CC1=C(C(N)=O)C(c2ccccc2OCc2ccc(Cl)cc2)n2ncnc2N1. The molecular weight excluding hydrogens is 378 g/mol. The summed E-state index contributed by atoms with van der Waals surface area (Å²) < 4.78 is 7.71. The largest absolute Gasteiger partial charge is 0.489 e. The molecule has 1 aliphatic rings. The number of benzene rings is 2. The molecule has 0 saturated heterocycles. The molecule has 142 valence electrons. The summed E-state index contributed by atoms with van der Waals surface area (Å²) in [5.41, 5.74) is 8.51. The van der Waals surface area contributed by atoms with Crippen molar-refractivity contribution in [3.63, 3.8) is 0 Å². The summed E-state index contributed by atoms with van der Waals surface area (Å²) in [6.07, 6.45) is 1.43. The van der Waals surface area contributed by atoms with E-state index in [0.29, 0.717) is 34.6 Å². The number of nitrogens with zero attached hydrogens (tertiary/aromatic N) is 3. The average molecular weight is 396 g/mol. The molecule has 4 rings (SSSR count). The number of nitrogens with one attached hydrogen (secondary N) is 1. The minimum Gasteiger partial charge on any atom is -0.489 e. The summed E-state index contributed by atoms with van der Waals surface area (Å²) in [5.74, 6) is 0.654. The number of para-hydroxylation sites is 1. The molecule has 1 amide bonds. The second-order valence-corrected chi connectivity index (χ2v) is 6.85. The van der Waals surface area contributed by atoms with E-state index in [-0.39, 0.29) is 0 Å². The highest BCUT2D eigenvalue weighted by Crippen LogP contribution is 2.38. The number of fused-ring (bicyclic) bond motifs is 1. The molecule has 0 spiro atoms. The number of amides is 1. The Morgan fingerprint density at radius 2 is 2.00 bits per heavy atom. The van der Waals surface area contributed by atoms with Crippen molar-refractivity contribution < 1.29 is 9.53 Å². The molecular formula is C20H18ClN5O2. The van der Waals surface area contributed by atoms with Gasteiger partial charge in [-0.05, 0) is 30.7 Å². The lowest BCUT2D eigenvalue weighted by Gasteiger charge is -2.28. The summed E-state index contributed by atoms with van der Waals surface area (Å²) in [6.45, 7) is 2.15. The fraction of sp³-hybridized carbons (Fsp3) is 0.150. The lowest BCUT2D eigenvalue weighted by Crippen LogP contribution is -2.32. The van der Waals surface area contributed by atoms with Gasteiger partial charge in [-0.25, -0.2) is 4.68 Å². The van der Waals surface area contributed by atoms with Crippen molar-refractivity contribution in [2.75, 3.05) is 5.32 Å². The van der Waals surface area contributed by atoms with Gasteiger partial charge in [-0.15, -0.1) is 0 Å². The normalized spacial score (nSPS) is 15.7. The van der Waals surface area contributed by atoms with Gasteiger partial charge < -0.3 is 15.8 Å². The molecule has 0 saturated carbocycles. The lowest BCUT2D eigenvalue weighted by molar-refractivity contribution is -0.115. The Hall–Kier alpha value is -3.32. The molecule has 28 heavy (non-hydrogen) atoms. The van der Waals surface area contributed by atoms with Crippen LogP contribution in [0.4, 0.5) is 5.95 Å². The molecule has 1 unspecified atom stereocenters. The molecule has 3 aromatic rings. The van der Waals surface area contributed by atoms with E-state index in [9.17, 15) is 4.79 Å². The third kappa shape index (κ3) is 3.32. The molecule has 0 fully saturated rings. The number of primary amides is 1. The number of allylic oxidation sites excluding steroid dienone is 1. The van der Waals surface area contributed by atoms with E-state index >= 15 is 0 Å². The maximum absolute atomic E-state index is 12.2. The van der Waals surface area contributed by atoms with Gasteiger partial charge in [0, 0.05) is 16.3 Å². The van der Waals surface area contributed by atoms with Crippen molar-refractivity contribution in [2.24, 2.45) is 5.73 Å². The Labute approximate surface area is 166 Å². The molecule has 8 heteroatoms. The lowest BCUT2D eigenvalue weighted by atomic mass is 9.94. The molecule has 0 bridgehead atoms. The third-order valence-corrected chi connectivity index (χ3v) is 4.83. The first-order valence-electron chi connectivity index (χ1n) is 8.68. The van der Waals surface area contributed by atoms with Crippen LogP contribution in [0.3, 0.4) is 0 Å². The monoisotopic (exact) mass is 395 g/mol. The van der Waals surface area contributed by atoms with Gasteiger partial charge in [-0.3, -0.25) is 4.79 Å². The number of hydrogen-bond acceptors (Lipinski definition) is 5. The molecule has 1 aromatic heterocycles. The number of carbonyl (C=O) groups excluding carboxylic acids is 1. The van der Waals surface area contributed by atoms with Crippen LogP contribution in [0.25, 0.3) is 0 Å². The van der Waals surface area contributed by atoms with E-state index in [1.807, 2.05) is 48.5 Å². The van der Waals surface area contributed by atoms with Crippen LogP contribution in [0.1, 0.15) is 24.1 Å². The highest BCUT2D eigenvalue weighted by atomic mass is 35.5. The molecule has 0 radical (unpaired) electrons. The third-order valence-electron chi connectivity index (χ3n) is 4.58. The quantitative estimate of drug-likeness (QED) is 0.691. The maximum Gasteiger partial charge on any atom is 0.248 e. The summed E-state index contributed by atoms with van der Waals surface area (Å²) in [4.78, 5) is 16.4. The maximum atomic E-state index is 12.2. The number of nitrogens with two attached hydrogens (primary N) is 1. The number of ether oxygens (including phenoxy) is 1. The van der Waals surface area contributed by atoms with Crippen LogP contribution in [0.2, 0.25) is 5.02 Å². The summed E-state index contributed by atoms with van der Waals surface area (Å²) in [5, 5.41) is 8.02. The minimum absolute atomic E-state index is 0.359. The predicted molar refractivity (Wildman–Crippen MR) is 106 cm³/mol. The summed E-state index contributed by atoms with van der Waals surface area (Å²) >= 11 is 5.94. The molecule has 3 N–H and O–H groups in total. The fourth-order valence-electron chi connectivity index (χ4n) is 3.28. The zero-order valence-electron chi connectivity index (χ0n) is 15.1. The molecule has 2 heterocycles. The first kappa shape index (κ1) is 18.1. The number of anilines is 1. The van der Waals surface area contributed by atoms with Crippen molar-refractivity contribution in [1.82, 2.24) is 14.8 Å². The Balaban J connectivity index is 1.73. The van der Waals surface area contributed by atoms with Crippen LogP contribution in [-0.4, -0.2) is 20.7 Å². The van der Waals surface area contributed by atoms with Crippen LogP contribution >= 0.6 is 11.6 Å². The van der Waals surface area contributed by atoms with Crippen LogP contribution in [0.5, 0.6) is 5.75 Å². The highest BCUT2D eigenvalue weighted by molar-refractivity contribution is 6.30. The smallest absolute Gasteiger partial charge is 0.248 e. The Morgan fingerprint density at radius 1 is 1.25 bits per heavy atom. The van der Waals surface area contributed by atoms with Crippen LogP contribution in [-0.2, 0) is 11.4 Å². The van der Waals surface area contributed by atoms with E-state index in [0.717, 1.165) is 11.1 Å². The topological polar surface area (TPSA) is 95.1 Å². The molecule has 0 aliphatic carbocycles. The summed E-state index contributed by atoms with van der Waals surface area (Å²) in [7, 11) is 0. The molecule has 7 nitrogen and oxygen atoms in total. The van der Waals surface area contributed by atoms with Crippen molar-refractivity contribution in [3.8, 4) is 5.75 Å². The van der Waals surface area contributed by atoms with Crippen molar-refractivity contribution >= 4 is 23.5 Å². The van der Waals surface area contributed by atoms with Gasteiger partial charge >= 0.3 is 0 Å². The van der Waals surface area contributed by atoms with Crippen LogP contribution < -0.4 is 15.8 Å². The van der Waals surface area contributed by atoms with Crippen molar-refractivity contribution in [2.45, 2.75) is 19.6 Å². The molecule has 2 aromatic carbocycles. The number of hydrogen-bond donors (Lipinski definition) is 2. The average Bonchev–Trinajstić information content (AvgIpc) is 3.14. The van der Waals surface area contributed by atoms with Gasteiger partial charge in [0.15, 0.2) is 0 Å². The number of aromatic nitrogens is 3.